The van der Waals surface area contributed by atoms with Crippen molar-refractivity contribution in [3.8, 4) is 11.5 Å². The Balaban J connectivity index is 1.96. The van der Waals surface area contributed by atoms with Gasteiger partial charge in [0.2, 0.25) is 0 Å². The largest absolute Gasteiger partial charge is 0.493 e. The molecule has 24 heavy (non-hydrogen) atoms. The minimum Gasteiger partial charge on any atom is -0.493 e. The summed E-state index contributed by atoms with van der Waals surface area (Å²) in [4.78, 5) is 3.46. The van der Waals surface area contributed by atoms with E-state index in [1.165, 1.54) is 27.7 Å². The molecule has 0 radical (unpaired) electrons. The Bertz CT molecular complexity index is 839. The molecule has 0 fully saturated rings. The minimum atomic E-state index is 0.225. The normalized spacial score (nSPS) is 12.3. The second kappa shape index (κ2) is 6.97. The van der Waals surface area contributed by atoms with Gasteiger partial charge in [0, 0.05) is 22.5 Å². The Morgan fingerprint density at radius 2 is 1.79 bits per heavy atom. The van der Waals surface area contributed by atoms with Crippen LogP contribution in [0.1, 0.15) is 22.7 Å². The second-order valence-corrected chi connectivity index (χ2v) is 6.03. The molecule has 4 nitrogen and oxygen atoms in total. The van der Waals surface area contributed by atoms with E-state index < -0.39 is 0 Å². The lowest BCUT2D eigenvalue weighted by atomic mass is 9.90. The highest BCUT2D eigenvalue weighted by Crippen LogP contribution is 2.33. The van der Waals surface area contributed by atoms with Crippen molar-refractivity contribution >= 4 is 10.9 Å². The maximum Gasteiger partial charge on any atom is 0.160 e. The summed E-state index contributed by atoms with van der Waals surface area (Å²) in [5.41, 5.74) is 11.0. The molecule has 1 heterocycles. The molecule has 2 aromatic carbocycles. The van der Waals surface area contributed by atoms with Gasteiger partial charge in [0.25, 0.3) is 0 Å². The number of nitrogens with one attached hydrogen (secondary N) is 1. The van der Waals surface area contributed by atoms with Crippen LogP contribution in [0, 0.1) is 6.92 Å². The number of nitrogens with two attached hydrogens (primary N) is 1. The van der Waals surface area contributed by atoms with Crippen molar-refractivity contribution in [2.24, 2.45) is 5.73 Å². The number of para-hydroxylation sites is 1. The van der Waals surface area contributed by atoms with Gasteiger partial charge in [-0.25, -0.2) is 0 Å². The lowest BCUT2D eigenvalue weighted by Crippen LogP contribution is -2.15. The van der Waals surface area contributed by atoms with E-state index in [1.54, 1.807) is 14.2 Å². The van der Waals surface area contributed by atoms with Gasteiger partial charge >= 0.3 is 0 Å². The van der Waals surface area contributed by atoms with Crippen molar-refractivity contribution in [3.05, 3.63) is 59.3 Å². The van der Waals surface area contributed by atoms with Gasteiger partial charge in [-0.15, -0.1) is 0 Å². The summed E-state index contributed by atoms with van der Waals surface area (Å²) in [6.45, 7) is 2.70. The number of H-pyrrole nitrogens is 1. The van der Waals surface area contributed by atoms with Crippen molar-refractivity contribution in [3.63, 3.8) is 0 Å². The van der Waals surface area contributed by atoms with Crippen molar-refractivity contribution in [1.82, 2.24) is 4.98 Å². The first kappa shape index (κ1) is 16.4. The predicted molar refractivity (Wildman–Crippen MR) is 98.1 cm³/mol. The van der Waals surface area contributed by atoms with Crippen LogP contribution in [0.2, 0.25) is 0 Å². The van der Waals surface area contributed by atoms with Crippen LogP contribution >= 0.6 is 0 Å². The van der Waals surface area contributed by atoms with E-state index >= 15 is 0 Å². The zero-order valence-electron chi connectivity index (χ0n) is 14.4. The van der Waals surface area contributed by atoms with E-state index in [1.807, 2.05) is 12.1 Å². The fourth-order valence-corrected chi connectivity index (χ4v) is 3.29. The van der Waals surface area contributed by atoms with Crippen molar-refractivity contribution in [1.29, 1.82) is 0 Å². The van der Waals surface area contributed by atoms with E-state index in [-0.39, 0.29) is 5.92 Å². The number of fused-ring (bicyclic) bond motifs is 1. The Morgan fingerprint density at radius 3 is 2.50 bits per heavy atom. The molecule has 3 N–H and O–H groups in total. The first-order valence-electron chi connectivity index (χ1n) is 8.16. The number of aromatic amines is 1. The van der Waals surface area contributed by atoms with Gasteiger partial charge in [-0.2, -0.15) is 0 Å². The number of aromatic nitrogens is 1. The lowest BCUT2D eigenvalue weighted by molar-refractivity contribution is 0.354. The standard InChI is InChI=1S/C20H24N2O2/c1-13-17(16-6-4-5-7-18(16)22-13)10-15(12-21)14-8-9-19(23-2)20(11-14)24-3/h4-9,11,15,22H,10,12,21H2,1-3H3. The van der Waals surface area contributed by atoms with Gasteiger partial charge in [0.05, 0.1) is 14.2 Å². The summed E-state index contributed by atoms with van der Waals surface area (Å²) in [7, 11) is 3.30. The van der Waals surface area contributed by atoms with E-state index in [0.29, 0.717) is 6.54 Å². The molecular weight excluding hydrogens is 300 g/mol. The monoisotopic (exact) mass is 324 g/mol. The van der Waals surface area contributed by atoms with Crippen LogP contribution in [0.25, 0.3) is 10.9 Å². The Morgan fingerprint density at radius 1 is 1.04 bits per heavy atom. The lowest BCUT2D eigenvalue weighted by Gasteiger charge is -2.18. The second-order valence-electron chi connectivity index (χ2n) is 6.03. The summed E-state index contributed by atoms with van der Waals surface area (Å²) in [5.74, 6) is 1.70. The minimum absolute atomic E-state index is 0.225. The smallest absolute Gasteiger partial charge is 0.160 e. The van der Waals surface area contributed by atoms with Crippen LogP contribution in [0.5, 0.6) is 11.5 Å². The Hall–Kier alpha value is -2.46. The van der Waals surface area contributed by atoms with Crippen molar-refractivity contribution < 1.29 is 9.47 Å². The number of rotatable bonds is 6. The Labute approximate surface area is 142 Å². The molecule has 3 aromatic rings. The predicted octanol–water partition coefficient (Wildman–Crippen LogP) is 3.78. The molecule has 0 aliphatic heterocycles. The molecule has 0 saturated carbocycles. The third kappa shape index (κ3) is 2.97. The first-order chi connectivity index (χ1) is 11.7. The number of aryl methyl sites for hydroxylation is 1. The SMILES string of the molecule is COc1ccc(C(CN)Cc2c(C)[nH]c3ccccc23)cc1OC. The quantitative estimate of drug-likeness (QED) is 0.725. The summed E-state index contributed by atoms with van der Waals surface area (Å²) in [5, 5.41) is 1.27. The third-order valence-electron chi connectivity index (χ3n) is 4.64. The highest BCUT2D eigenvalue weighted by Gasteiger charge is 2.17. The summed E-state index contributed by atoms with van der Waals surface area (Å²) >= 11 is 0. The molecule has 1 aromatic heterocycles. The maximum atomic E-state index is 6.10. The average molecular weight is 324 g/mol. The van der Waals surface area contributed by atoms with E-state index in [9.17, 15) is 0 Å². The van der Waals surface area contributed by atoms with Crippen LogP contribution in [-0.4, -0.2) is 25.7 Å². The molecule has 0 bridgehead atoms. The number of hydrogen-bond donors (Lipinski definition) is 2. The third-order valence-corrected chi connectivity index (χ3v) is 4.64. The number of ether oxygens (including phenoxy) is 2. The molecule has 0 saturated heterocycles. The van der Waals surface area contributed by atoms with Crippen LogP contribution < -0.4 is 15.2 Å². The molecule has 0 amide bonds. The fourth-order valence-electron chi connectivity index (χ4n) is 3.29. The molecule has 0 aliphatic rings. The molecule has 0 spiro atoms. The van der Waals surface area contributed by atoms with Gasteiger partial charge in [0.15, 0.2) is 11.5 Å². The molecule has 126 valence electrons. The molecule has 1 atom stereocenters. The molecule has 4 heteroatoms. The van der Waals surface area contributed by atoms with Crippen LogP contribution in [0.3, 0.4) is 0 Å². The zero-order chi connectivity index (χ0) is 17.1. The average Bonchev–Trinajstić information content (AvgIpc) is 2.94. The molecule has 3 rings (SSSR count). The van der Waals surface area contributed by atoms with E-state index in [2.05, 4.69) is 42.2 Å². The topological polar surface area (TPSA) is 60.3 Å². The van der Waals surface area contributed by atoms with Gasteiger partial charge in [-0.1, -0.05) is 24.3 Å². The highest BCUT2D eigenvalue weighted by atomic mass is 16.5. The van der Waals surface area contributed by atoms with Crippen LogP contribution in [-0.2, 0) is 6.42 Å². The molecule has 0 aliphatic carbocycles. The van der Waals surface area contributed by atoms with Gasteiger partial charge in [-0.3, -0.25) is 0 Å². The summed E-state index contributed by atoms with van der Waals surface area (Å²) < 4.78 is 10.8. The van der Waals surface area contributed by atoms with Gasteiger partial charge < -0.3 is 20.2 Å². The highest BCUT2D eigenvalue weighted by molar-refractivity contribution is 5.84. The number of hydrogen-bond acceptors (Lipinski definition) is 3. The molecule has 1 unspecified atom stereocenters. The number of methoxy groups -OCH3 is 2. The Kier molecular flexibility index (Phi) is 4.76. The van der Waals surface area contributed by atoms with Gasteiger partial charge in [-0.05, 0) is 49.2 Å². The van der Waals surface area contributed by atoms with Crippen LogP contribution in [0.4, 0.5) is 0 Å². The van der Waals surface area contributed by atoms with Crippen LogP contribution in [0.15, 0.2) is 42.5 Å². The summed E-state index contributed by atoms with van der Waals surface area (Å²) in [6.07, 6.45) is 0.891. The van der Waals surface area contributed by atoms with Crippen molar-refractivity contribution in [2.75, 3.05) is 20.8 Å². The molecular formula is C20H24N2O2. The van der Waals surface area contributed by atoms with Crippen molar-refractivity contribution in [2.45, 2.75) is 19.3 Å². The van der Waals surface area contributed by atoms with Gasteiger partial charge in [0.1, 0.15) is 0 Å². The maximum absolute atomic E-state index is 6.10. The fraction of sp³-hybridized carbons (Fsp3) is 0.300. The van der Waals surface area contributed by atoms with E-state index in [0.717, 1.165) is 17.9 Å². The number of benzene rings is 2. The first-order valence-corrected chi connectivity index (χ1v) is 8.16. The summed E-state index contributed by atoms with van der Waals surface area (Å²) in [6, 6.07) is 14.4. The zero-order valence-corrected chi connectivity index (χ0v) is 14.4. The van der Waals surface area contributed by atoms with E-state index in [4.69, 9.17) is 15.2 Å².